The van der Waals surface area contributed by atoms with Crippen molar-refractivity contribution in [1.29, 1.82) is 0 Å². The lowest BCUT2D eigenvalue weighted by Gasteiger charge is -2.14. The van der Waals surface area contributed by atoms with Gasteiger partial charge in [-0.2, -0.15) is 0 Å². The van der Waals surface area contributed by atoms with Crippen LogP contribution in [-0.2, 0) is 9.53 Å². The van der Waals surface area contributed by atoms with Gasteiger partial charge in [-0.15, -0.1) is 0 Å². The highest BCUT2D eigenvalue weighted by Crippen LogP contribution is 2.34. The number of carbonyl (C=O) groups is 1. The molecule has 1 aromatic heterocycles. The summed E-state index contributed by atoms with van der Waals surface area (Å²) in [5.41, 5.74) is 2.62. The van der Waals surface area contributed by atoms with Crippen LogP contribution in [0.3, 0.4) is 0 Å². The van der Waals surface area contributed by atoms with Crippen molar-refractivity contribution in [3.63, 3.8) is 0 Å². The molecule has 1 fully saturated rings. The normalized spacial score (nSPS) is 16.1. The van der Waals surface area contributed by atoms with Gasteiger partial charge in [-0.25, -0.2) is 4.99 Å². The van der Waals surface area contributed by atoms with E-state index in [9.17, 15) is 4.79 Å². The molecule has 1 aliphatic heterocycles. The van der Waals surface area contributed by atoms with Crippen molar-refractivity contribution >= 4 is 34.6 Å². The standard InChI is InChI=1S/C25H25N3O4S/c1-30-16-15-28-24(29)23(33-25(28)26-18-6-10-21(31-2)11-7-18)17-20-5-4-14-27(20)19-8-12-22(32-3)13-9-19/h4-14,17H,15-16H2,1-3H3/b23-17-,26-25?. The van der Waals surface area contributed by atoms with E-state index in [-0.39, 0.29) is 5.91 Å². The molecule has 2 heterocycles. The number of amides is 1. The molecule has 2 aromatic carbocycles. The second-order valence-electron chi connectivity index (χ2n) is 7.15. The first-order valence-electron chi connectivity index (χ1n) is 10.4. The van der Waals surface area contributed by atoms with E-state index in [1.54, 1.807) is 26.2 Å². The number of thioether (sulfide) groups is 1. The number of benzene rings is 2. The molecular weight excluding hydrogens is 438 g/mol. The predicted octanol–water partition coefficient (Wildman–Crippen LogP) is 4.74. The Kier molecular flexibility index (Phi) is 7.16. The quantitative estimate of drug-likeness (QED) is 0.451. The fourth-order valence-corrected chi connectivity index (χ4v) is 4.37. The van der Waals surface area contributed by atoms with Gasteiger partial charge in [0.1, 0.15) is 11.5 Å². The van der Waals surface area contributed by atoms with Gasteiger partial charge in [0, 0.05) is 24.7 Å². The van der Waals surface area contributed by atoms with Crippen molar-refractivity contribution in [2.75, 3.05) is 34.5 Å². The van der Waals surface area contributed by atoms with E-state index in [4.69, 9.17) is 19.2 Å². The van der Waals surface area contributed by atoms with Gasteiger partial charge in [-0.05, 0) is 78.5 Å². The lowest BCUT2D eigenvalue weighted by Crippen LogP contribution is -2.32. The van der Waals surface area contributed by atoms with Crippen molar-refractivity contribution in [1.82, 2.24) is 9.47 Å². The molecule has 33 heavy (non-hydrogen) atoms. The number of carbonyl (C=O) groups excluding carboxylic acids is 1. The zero-order valence-electron chi connectivity index (χ0n) is 18.7. The van der Waals surface area contributed by atoms with E-state index in [0.29, 0.717) is 23.2 Å². The lowest BCUT2D eigenvalue weighted by atomic mass is 10.3. The number of nitrogens with zero attached hydrogens (tertiary/aromatic N) is 3. The second kappa shape index (κ2) is 10.4. The van der Waals surface area contributed by atoms with Gasteiger partial charge in [-0.1, -0.05) is 0 Å². The molecule has 0 spiro atoms. The molecule has 1 amide bonds. The fraction of sp³-hybridized carbons (Fsp3) is 0.200. The molecule has 7 nitrogen and oxygen atoms in total. The summed E-state index contributed by atoms with van der Waals surface area (Å²) < 4.78 is 17.7. The third-order valence-corrected chi connectivity index (χ3v) is 6.12. The van der Waals surface area contributed by atoms with Crippen molar-refractivity contribution in [3.8, 4) is 17.2 Å². The van der Waals surface area contributed by atoms with Gasteiger partial charge in [0.25, 0.3) is 5.91 Å². The average Bonchev–Trinajstić information content (AvgIpc) is 3.43. The Hall–Kier alpha value is -3.49. The number of ether oxygens (including phenoxy) is 3. The Labute approximate surface area is 197 Å². The van der Waals surface area contributed by atoms with Crippen LogP contribution in [0, 0.1) is 0 Å². The number of rotatable bonds is 8. The van der Waals surface area contributed by atoms with E-state index in [1.807, 2.05) is 77.5 Å². The molecule has 8 heteroatoms. The zero-order chi connectivity index (χ0) is 23.2. The highest BCUT2D eigenvalue weighted by atomic mass is 32.2. The molecule has 0 atom stereocenters. The Morgan fingerprint density at radius 2 is 1.61 bits per heavy atom. The molecule has 0 saturated carbocycles. The van der Waals surface area contributed by atoms with Gasteiger partial charge >= 0.3 is 0 Å². The summed E-state index contributed by atoms with van der Waals surface area (Å²) in [4.78, 5) is 20.2. The van der Waals surface area contributed by atoms with Gasteiger partial charge in [0.2, 0.25) is 0 Å². The Morgan fingerprint density at radius 1 is 0.939 bits per heavy atom. The lowest BCUT2D eigenvalue weighted by molar-refractivity contribution is -0.122. The van der Waals surface area contributed by atoms with Crippen LogP contribution < -0.4 is 9.47 Å². The van der Waals surface area contributed by atoms with Gasteiger partial charge in [-0.3, -0.25) is 9.69 Å². The summed E-state index contributed by atoms with van der Waals surface area (Å²) >= 11 is 1.36. The number of amidine groups is 1. The van der Waals surface area contributed by atoms with E-state index < -0.39 is 0 Å². The highest BCUT2D eigenvalue weighted by molar-refractivity contribution is 8.18. The Balaban J connectivity index is 1.64. The molecule has 3 aromatic rings. The molecule has 0 aliphatic carbocycles. The molecular formula is C25H25N3O4S. The second-order valence-corrected chi connectivity index (χ2v) is 8.16. The molecule has 0 N–H and O–H groups in total. The number of aliphatic imine (C=N–C) groups is 1. The van der Waals surface area contributed by atoms with E-state index in [2.05, 4.69) is 0 Å². The summed E-state index contributed by atoms with van der Waals surface area (Å²) in [6.45, 7) is 0.845. The summed E-state index contributed by atoms with van der Waals surface area (Å²) in [6, 6.07) is 19.1. The third-order valence-electron chi connectivity index (χ3n) is 5.11. The molecule has 0 bridgehead atoms. The van der Waals surface area contributed by atoms with Gasteiger partial charge in [0.15, 0.2) is 5.17 Å². The Morgan fingerprint density at radius 3 is 2.24 bits per heavy atom. The smallest absolute Gasteiger partial charge is 0.266 e. The van der Waals surface area contributed by atoms with Crippen LogP contribution in [0.2, 0.25) is 0 Å². The van der Waals surface area contributed by atoms with Crippen molar-refractivity contribution in [2.24, 2.45) is 4.99 Å². The highest BCUT2D eigenvalue weighted by Gasteiger charge is 2.33. The predicted molar refractivity (Wildman–Crippen MR) is 132 cm³/mol. The molecule has 1 aliphatic rings. The topological polar surface area (TPSA) is 65.3 Å². The molecule has 1 saturated heterocycles. The van der Waals surface area contributed by atoms with Crippen LogP contribution in [0.25, 0.3) is 11.8 Å². The van der Waals surface area contributed by atoms with Crippen LogP contribution >= 0.6 is 11.8 Å². The maximum Gasteiger partial charge on any atom is 0.266 e. The first-order chi connectivity index (χ1) is 16.1. The fourth-order valence-electron chi connectivity index (χ4n) is 3.36. The minimum absolute atomic E-state index is 0.0909. The SMILES string of the molecule is COCCN1C(=O)/C(=C/c2cccn2-c2ccc(OC)cc2)SC1=Nc1ccc(OC)cc1. The van der Waals surface area contributed by atoms with Crippen LogP contribution in [0.15, 0.2) is 76.8 Å². The Bertz CT molecular complexity index is 1170. The van der Waals surface area contributed by atoms with Crippen molar-refractivity contribution in [2.45, 2.75) is 0 Å². The van der Waals surface area contributed by atoms with Crippen LogP contribution in [0.1, 0.15) is 5.69 Å². The van der Waals surface area contributed by atoms with Crippen LogP contribution in [-0.4, -0.2) is 55.0 Å². The summed E-state index contributed by atoms with van der Waals surface area (Å²) in [5, 5.41) is 0.621. The monoisotopic (exact) mass is 463 g/mol. The summed E-state index contributed by atoms with van der Waals surface area (Å²) in [6.07, 6.45) is 3.86. The first-order valence-corrected chi connectivity index (χ1v) is 11.2. The first kappa shape index (κ1) is 22.7. The van der Waals surface area contributed by atoms with Crippen molar-refractivity contribution < 1.29 is 19.0 Å². The van der Waals surface area contributed by atoms with Gasteiger partial charge < -0.3 is 18.8 Å². The minimum atomic E-state index is -0.0909. The van der Waals surface area contributed by atoms with E-state index in [0.717, 1.165) is 28.6 Å². The number of methoxy groups -OCH3 is 3. The molecule has 4 rings (SSSR count). The largest absolute Gasteiger partial charge is 0.497 e. The summed E-state index contributed by atoms with van der Waals surface area (Å²) in [5.74, 6) is 1.46. The maximum atomic E-state index is 13.2. The average molecular weight is 464 g/mol. The zero-order valence-corrected chi connectivity index (χ0v) is 19.5. The summed E-state index contributed by atoms with van der Waals surface area (Å²) in [7, 11) is 4.88. The molecule has 0 radical (unpaired) electrons. The maximum absolute atomic E-state index is 13.2. The third kappa shape index (κ3) is 5.13. The number of aromatic nitrogens is 1. The molecule has 0 unspecified atom stereocenters. The van der Waals surface area contributed by atoms with E-state index in [1.165, 1.54) is 11.8 Å². The van der Waals surface area contributed by atoms with Gasteiger partial charge in [0.05, 0.1) is 38.0 Å². The minimum Gasteiger partial charge on any atom is -0.497 e. The van der Waals surface area contributed by atoms with E-state index >= 15 is 0 Å². The van der Waals surface area contributed by atoms with Crippen molar-refractivity contribution in [3.05, 3.63) is 77.5 Å². The van der Waals surface area contributed by atoms with Crippen LogP contribution in [0.4, 0.5) is 5.69 Å². The number of hydrogen-bond acceptors (Lipinski definition) is 6. The molecule has 170 valence electrons. The number of hydrogen-bond donors (Lipinski definition) is 0. The van der Waals surface area contributed by atoms with Crippen LogP contribution in [0.5, 0.6) is 11.5 Å².